The molecular weight excluding hydrogens is 395 g/mol. The molecule has 2 aliphatic rings. The summed E-state index contributed by atoms with van der Waals surface area (Å²) >= 11 is 0. The smallest absolute Gasteiger partial charge is 0.438 e. The molecule has 1 heterocycles. The second-order valence-corrected chi connectivity index (χ2v) is 8.38. The van der Waals surface area contributed by atoms with Gasteiger partial charge in [0.2, 0.25) is 0 Å². The van der Waals surface area contributed by atoms with Crippen LogP contribution in [-0.4, -0.2) is 19.0 Å². The summed E-state index contributed by atoms with van der Waals surface area (Å²) < 4.78 is 49.1. The number of ether oxygens (including phenoxy) is 2. The molecule has 160 valence electrons. The molecule has 0 unspecified atom stereocenters. The van der Waals surface area contributed by atoms with Gasteiger partial charge in [-0.15, -0.1) is 13.2 Å². The number of benzene rings is 2. The largest absolute Gasteiger partial charge is 0.573 e. The molecule has 0 N–H and O–H groups in total. The zero-order valence-electron chi connectivity index (χ0n) is 17.4. The number of nitrogens with zero attached hydrogens (tertiary/aromatic N) is 1. The Bertz CT molecular complexity index is 1010. The molecule has 2 aromatic rings. The highest BCUT2D eigenvalue weighted by molar-refractivity contribution is 5.93. The number of cyclic esters (lactones) is 1. The third-order valence-corrected chi connectivity index (χ3v) is 5.73. The number of aryl methyl sites for hydroxylation is 1. The SMILES string of the molecule is CCN1C(=O)OC(C)(C)c2cc(C)c(-c3cc(C4CC4)ccc3OC(F)(F)F)cc21. The first-order valence-corrected chi connectivity index (χ1v) is 10.1. The van der Waals surface area contributed by atoms with E-state index in [2.05, 4.69) is 4.74 Å². The monoisotopic (exact) mass is 419 g/mol. The molecule has 0 bridgehead atoms. The van der Waals surface area contributed by atoms with Crippen molar-refractivity contribution in [3.05, 3.63) is 47.0 Å². The second-order valence-electron chi connectivity index (χ2n) is 8.38. The number of hydrogen-bond donors (Lipinski definition) is 0. The quantitative estimate of drug-likeness (QED) is 0.557. The zero-order chi connectivity index (χ0) is 21.8. The summed E-state index contributed by atoms with van der Waals surface area (Å²) in [6.45, 7) is 7.68. The van der Waals surface area contributed by atoms with Crippen LogP contribution in [0.15, 0.2) is 30.3 Å². The van der Waals surface area contributed by atoms with Crippen molar-refractivity contribution >= 4 is 11.8 Å². The van der Waals surface area contributed by atoms with Crippen molar-refractivity contribution in [2.45, 2.75) is 58.4 Å². The average molecular weight is 419 g/mol. The van der Waals surface area contributed by atoms with Crippen molar-refractivity contribution in [2.75, 3.05) is 11.4 Å². The first-order valence-electron chi connectivity index (χ1n) is 10.1. The Kier molecular flexibility index (Phi) is 4.75. The molecule has 0 spiro atoms. The van der Waals surface area contributed by atoms with Crippen LogP contribution < -0.4 is 9.64 Å². The molecule has 0 saturated heterocycles. The number of fused-ring (bicyclic) bond motifs is 1. The Labute approximate surface area is 173 Å². The van der Waals surface area contributed by atoms with E-state index in [1.807, 2.05) is 33.8 Å². The summed E-state index contributed by atoms with van der Waals surface area (Å²) in [5, 5.41) is 0. The van der Waals surface area contributed by atoms with Crippen molar-refractivity contribution < 1.29 is 27.4 Å². The molecular formula is C23H24F3NO3. The summed E-state index contributed by atoms with van der Waals surface area (Å²) in [5.41, 5.74) is 3.42. The minimum atomic E-state index is -4.79. The molecule has 0 radical (unpaired) electrons. The van der Waals surface area contributed by atoms with Gasteiger partial charge in [0.25, 0.3) is 0 Å². The number of hydrogen-bond acceptors (Lipinski definition) is 3. The molecule has 0 atom stereocenters. The van der Waals surface area contributed by atoms with E-state index in [1.165, 1.54) is 11.0 Å². The van der Waals surface area contributed by atoms with Gasteiger partial charge in [-0.1, -0.05) is 6.07 Å². The summed E-state index contributed by atoms with van der Waals surface area (Å²) in [6, 6.07) is 8.56. The Hall–Kier alpha value is -2.70. The molecule has 1 amide bonds. The van der Waals surface area contributed by atoms with Gasteiger partial charge in [-0.3, -0.25) is 4.90 Å². The maximum atomic E-state index is 13.1. The molecule has 1 saturated carbocycles. The lowest BCUT2D eigenvalue weighted by molar-refractivity contribution is -0.274. The molecule has 4 nitrogen and oxygen atoms in total. The van der Waals surface area contributed by atoms with Crippen LogP contribution in [0.4, 0.5) is 23.7 Å². The highest BCUT2D eigenvalue weighted by Crippen LogP contribution is 2.47. The zero-order valence-corrected chi connectivity index (χ0v) is 17.4. The maximum absolute atomic E-state index is 13.1. The van der Waals surface area contributed by atoms with Gasteiger partial charge in [-0.05, 0) is 87.4 Å². The summed E-state index contributed by atoms with van der Waals surface area (Å²) in [4.78, 5) is 14.0. The van der Waals surface area contributed by atoms with E-state index in [4.69, 9.17) is 4.74 Å². The van der Waals surface area contributed by atoms with E-state index < -0.39 is 18.1 Å². The Morgan fingerprint density at radius 1 is 1.17 bits per heavy atom. The number of anilines is 1. The lowest BCUT2D eigenvalue weighted by Gasteiger charge is -2.38. The molecule has 4 rings (SSSR count). The second kappa shape index (κ2) is 6.93. The standard InChI is InChI=1S/C23H24F3NO3/c1-5-27-19-12-16(13(2)10-18(19)22(3,4)30-21(27)28)17-11-15(14-6-7-14)8-9-20(17)29-23(24,25)26/h8-12,14H,5-7H2,1-4H3. The van der Waals surface area contributed by atoms with Crippen LogP contribution >= 0.6 is 0 Å². The van der Waals surface area contributed by atoms with E-state index in [9.17, 15) is 18.0 Å². The molecule has 1 aliphatic heterocycles. The predicted octanol–water partition coefficient (Wildman–Crippen LogP) is 6.65. The van der Waals surface area contributed by atoms with Gasteiger partial charge < -0.3 is 9.47 Å². The number of halogens is 3. The van der Waals surface area contributed by atoms with E-state index in [1.54, 1.807) is 18.2 Å². The number of alkyl halides is 3. The molecule has 2 aromatic carbocycles. The van der Waals surface area contributed by atoms with E-state index in [0.29, 0.717) is 29.3 Å². The minimum absolute atomic E-state index is 0.240. The van der Waals surface area contributed by atoms with Crippen LogP contribution in [-0.2, 0) is 10.3 Å². The van der Waals surface area contributed by atoms with Crippen molar-refractivity contribution in [3.8, 4) is 16.9 Å². The number of amides is 1. The molecule has 1 fully saturated rings. The number of carbonyl (C=O) groups is 1. The molecule has 30 heavy (non-hydrogen) atoms. The first-order chi connectivity index (χ1) is 14.0. The third-order valence-electron chi connectivity index (χ3n) is 5.73. The lowest BCUT2D eigenvalue weighted by Crippen LogP contribution is -2.43. The highest BCUT2D eigenvalue weighted by Gasteiger charge is 2.39. The maximum Gasteiger partial charge on any atom is 0.573 e. The van der Waals surface area contributed by atoms with Gasteiger partial charge in [0.1, 0.15) is 11.4 Å². The number of rotatable bonds is 4. The van der Waals surface area contributed by atoms with Gasteiger partial charge in [-0.25, -0.2) is 4.79 Å². The topological polar surface area (TPSA) is 38.8 Å². The van der Waals surface area contributed by atoms with Crippen LogP contribution in [0.25, 0.3) is 11.1 Å². The Morgan fingerprint density at radius 2 is 1.87 bits per heavy atom. The Morgan fingerprint density at radius 3 is 2.47 bits per heavy atom. The normalized spacial score (nSPS) is 18.1. The van der Waals surface area contributed by atoms with Crippen molar-refractivity contribution in [1.29, 1.82) is 0 Å². The van der Waals surface area contributed by atoms with Crippen LogP contribution in [0.5, 0.6) is 5.75 Å². The van der Waals surface area contributed by atoms with Crippen molar-refractivity contribution in [3.63, 3.8) is 0 Å². The summed E-state index contributed by atoms with van der Waals surface area (Å²) in [5.74, 6) is 0.137. The average Bonchev–Trinajstić information content (AvgIpc) is 3.46. The van der Waals surface area contributed by atoms with Crippen LogP contribution in [0.1, 0.15) is 56.2 Å². The van der Waals surface area contributed by atoms with E-state index in [-0.39, 0.29) is 5.75 Å². The molecule has 1 aliphatic carbocycles. The van der Waals surface area contributed by atoms with E-state index in [0.717, 1.165) is 29.5 Å². The highest BCUT2D eigenvalue weighted by atomic mass is 19.4. The van der Waals surface area contributed by atoms with Crippen LogP contribution in [0.3, 0.4) is 0 Å². The van der Waals surface area contributed by atoms with E-state index >= 15 is 0 Å². The van der Waals surface area contributed by atoms with Crippen LogP contribution in [0, 0.1) is 6.92 Å². The first kappa shape index (κ1) is 20.6. The van der Waals surface area contributed by atoms with Gasteiger partial charge in [0, 0.05) is 17.7 Å². The summed E-state index contributed by atoms with van der Waals surface area (Å²) in [6.07, 6.45) is -3.19. The molecule has 0 aromatic heterocycles. The fourth-order valence-electron chi connectivity index (χ4n) is 4.06. The number of carbonyl (C=O) groups excluding carboxylic acids is 1. The van der Waals surface area contributed by atoms with Gasteiger partial charge in [0.05, 0.1) is 5.69 Å². The fraction of sp³-hybridized carbons (Fsp3) is 0.435. The van der Waals surface area contributed by atoms with Crippen molar-refractivity contribution in [2.24, 2.45) is 0 Å². The Balaban J connectivity index is 1.91. The van der Waals surface area contributed by atoms with Gasteiger partial charge in [0.15, 0.2) is 0 Å². The van der Waals surface area contributed by atoms with Crippen molar-refractivity contribution in [1.82, 2.24) is 0 Å². The minimum Gasteiger partial charge on any atom is -0.438 e. The molecule has 7 heteroatoms. The van der Waals surface area contributed by atoms with Gasteiger partial charge in [-0.2, -0.15) is 0 Å². The summed E-state index contributed by atoms with van der Waals surface area (Å²) in [7, 11) is 0. The van der Waals surface area contributed by atoms with Crippen LogP contribution in [0.2, 0.25) is 0 Å². The fourth-order valence-corrected chi connectivity index (χ4v) is 4.06. The third kappa shape index (κ3) is 3.73. The predicted molar refractivity (Wildman–Crippen MR) is 108 cm³/mol. The lowest BCUT2D eigenvalue weighted by atomic mass is 9.88. The van der Waals surface area contributed by atoms with Gasteiger partial charge >= 0.3 is 12.5 Å².